The van der Waals surface area contributed by atoms with E-state index < -0.39 is 10.9 Å². The molecular formula is C20H17N2O4-. The highest BCUT2D eigenvalue weighted by molar-refractivity contribution is 5.91. The Kier molecular flexibility index (Phi) is 3.76. The molecule has 6 heteroatoms. The van der Waals surface area contributed by atoms with Crippen molar-refractivity contribution < 1.29 is 14.8 Å². The number of hydrogen-bond donors (Lipinski definition) is 1. The number of carbonyl (C=O) groups excluding carboxylic acids is 1. The lowest BCUT2D eigenvalue weighted by atomic mass is 9.74. The highest BCUT2D eigenvalue weighted by Crippen LogP contribution is 2.51. The number of carboxylic acids is 1. The number of nitro benzene ring substituents is 1. The molecule has 6 nitrogen and oxygen atoms in total. The molecule has 0 amide bonds. The summed E-state index contributed by atoms with van der Waals surface area (Å²) in [7, 11) is 0. The number of fused-ring (bicyclic) bond motifs is 3. The van der Waals surface area contributed by atoms with Crippen LogP contribution < -0.4 is 10.4 Å². The number of carboxylic acid groups (broad SMARTS) is 1. The summed E-state index contributed by atoms with van der Waals surface area (Å²) in [4.78, 5) is 22.3. The van der Waals surface area contributed by atoms with E-state index in [4.69, 9.17) is 0 Å². The zero-order valence-corrected chi connectivity index (χ0v) is 14.1. The lowest BCUT2D eigenvalue weighted by molar-refractivity contribution is -0.384. The monoisotopic (exact) mass is 349 g/mol. The Hall–Kier alpha value is -3.15. The highest BCUT2D eigenvalue weighted by Gasteiger charge is 2.40. The molecule has 1 aliphatic carbocycles. The van der Waals surface area contributed by atoms with Gasteiger partial charge in [0.1, 0.15) is 0 Å². The van der Waals surface area contributed by atoms with Crippen LogP contribution in [0.3, 0.4) is 0 Å². The first-order valence-electron chi connectivity index (χ1n) is 8.49. The van der Waals surface area contributed by atoms with Gasteiger partial charge in [0.2, 0.25) is 0 Å². The maximum absolute atomic E-state index is 11.6. The summed E-state index contributed by atoms with van der Waals surface area (Å²) in [6.07, 6.45) is 4.88. The molecule has 2 aliphatic rings. The second-order valence-electron chi connectivity index (χ2n) is 6.83. The fourth-order valence-corrected chi connectivity index (χ4v) is 4.19. The van der Waals surface area contributed by atoms with E-state index in [1.807, 2.05) is 19.1 Å². The second kappa shape index (κ2) is 5.98. The smallest absolute Gasteiger partial charge is 0.269 e. The second-order valence-corrected chi connectivity index (χ2v) is 6.83. The molecule has 2 aromatic rings. The Bertz CT molecular complexity index is 951. The van der Waals surface area contributed by atoms with Crippen LogP contribution in [0, 0.1) is 23.0 Å². The van der Waals surface area contributed by atoms with E-state index in [1.54, 1.807) is 24.3 Å². The number of nitro groups is 1. The molecule has 132 valence electrons. The minimum absolute atomic E-state index is 0.0525. The van der Waals surface area contributed by atoms with E-state index >= 15 is 0 Å². The normalized spacial score (nSPS) is 23.0. The van der Waals surface area contributed by atoms with Gasteiger partial charge in [-0.05, 0) is 36.0 Å². The van der Waals surface area contributed by atoms with Gasteiger partial charge in [-0.2, -0.15) is 0 Å². The molecule has 1 aliphatic heterocycles. The fraction of sp³-hybridized carbons (Fsp3) is 0.250. The van der Waals surface area contributed by atoms with Crippen LogP contribution in [0.15, 0.2) is 48.6 Å². The number of anilines is 1. The van der Waals surface area contributed by atoms with Crippen LogP contribution in [0.1, 0.15) is 45.4 Å². The average molecular weight is 349 g/mol. The first kappa shape index (κ1) is 16.3. The number of carbonyl (C=O) groups is 1. The molecule has 0 bridgehead atoms. The summed E-state index contributed by atoms with van der Waals surface area (Å²) in [5, 5.41) is 26.2. The van der Waals surface area contributed by atoms with Crippen LogP contribution in [0.2, 0.25) is 0 Å². The summed E-state index contributed by atoms with van der Waals surface area (Å²) in [6, 6.07) is 9.87. The van der Waals surface area contributed by atoms with Gasteiger partial charge in [0.25, 0.3) is 5.69 Å². The van der Waals surface area contributed by atoms with Gasteiger partial charge in [0.05, 0.1) is 16.9 Å². The van der Waals surface area contributed by atoms with Crippen molar-refractivity contribution in [3.63, 3.8) is 0 Å². The lowest BCUT2D eigenvalue weighted by Crippen LogP contribution is -2.33. The minimum Gasteiger partial charge on any atom is -0.545 e. The van der Waals surface area contributed by atoms with Crippen molar-refractivity contribution in [2.45, 2.75) is 25.3 Å². The van der Waals surface area contributed by atoms with E-state index in [9.17, 15) is 20.0 Å². The van der Waals surface area contributed by atoms with Gasteiger partial charge in [-0.15, -0.1) is 0 Å². The molecule has 0 saturated carbocycles. The van der Waals surface area contributed by atoms with Gasteiger partial charge in [0, 0.05) is 29.3 Å². The number of aryl methyl sites for hydroxylation is 1. The van der Waals surface area contributed by atoms with Gasteiger partial charge in [0.15, 0.2) is 0 Å². The molecule has 0 spiro atoms. The summed E-state index contributed by atoms with van der Waals surface area (Å²) >= 11 is 0. The maximum atomic E-state index is 11.6. The molecule has 4 rings (SSSR count). The molecular weight excluding hydrogens is 332 g/mol. The minimum atomic E-state index is -1.18. The predicted molar refractivity (Wildman–Crippen MR) is 95.0 cm³/mol. The number of aromatic carboxylic acids is 1. The van der Waals surface area contributed by atoms with Gasteiger partial charge in [-0.3, -0.25) is 10.1 Å². The van der Waals surface area contributed by atoms with Crippen molar-refractivity contribution in [1.82, 2.24) is 0 Å². The zero-order chi connectivity index (χ0) is 18.4. The molecule has 1 N–H and O–H groups in total. The standard InChI is InChI=1S/C20H18N2O4/c1-11-8-9-16(20(23)24)17-14-6-3-7-15(14)19(21-18(11)17)12-4-2-5-13(10-12)22(25)26/h2-6,8-10,14-15,19,21H,7H2,1H3,(H,23,24)/p-1. The van der Waals surface area contributed by atoms with E-state index in [0.29, 0.717) is 0 Å². The molecule has 0 radical (unpaired) electrons. The lowest BCUT2D eigenvalue weighted by Gasteiger charge is -2.39. The van der Waals surface area contributed by atoms with Gasteiger partial charge in [-0.1, -0.05) is 36.4 Å². The van der Waals surface area contributed by atoms with Crippen LogP contribution in [0.4, 0.5) is 11.4 Å². The summed E-state index contributed by atoms with van der Waals surface area (Å²) in [6.45, 7) is 1.92. The third-order valence-electron chi connectivity index (χ3n) is 5.39. The van der Waals surface area contributed by atoms with Gasteiger partial charge < -0.3 is 15.2 Å². The largest absolute Gasteiger partial charge is 0.545 e. The summed E-state index contributed by atoms with van der Waals surface area (Å²) in [5.41, 5.74) is 3.58. The quantitative estimate of drug-likeness (QED) is 0.522. The van der Waals surface area contributed by atoms with E-state index in [1.165, 1.54) is 6.07 Å². The van der Waals surface area contributed by atoms with E-state index in [0.717, 1.165) is 28.8 Å². The van der Waals surface area contributed by atoms with Crippen molar-refractivity contribution in [3.8, 4) is 0 Å². The topological polar surface area (TPSA) is 95.3 Å². The van der Waals surface area contributed by atoms with Crippen molar-refractivity contribution in [2.75, 3.05) is 5.32 Å². The number of nitrogens with one attached hydrogen (secondary N) is 1. The first-order chi connectivity index (χ1) is 12.5. The Labute approximate surface area is 150 Å². The summed E-state index contributed by atoms with van der Waals surface area (Å²) < 4.78 is 0. The Morgan fingerprint density at radius 1 is 1.27 bits per heavy atom. The maximum Gasteiger partial charge on any atom is 0.269 e. The molecule has 0 fully saturated rings. The van der Waals surface area contributed by atoms with Crippen molar-refractivity contribution in [2.24, 2.45) is 5.92 Å². The van der Waals surface area contributed by atoms with Gasteiger partial charge >= 0.3 is 0 Å². The molecule has 3 atom stereocenters. The van der Waals surface area contributed by atoms with Crippen LogP contribution in [0.25, 0.3) is 0 Å². The number of non-ortho nitro benzene ring substituents is 1. The molecule has 0 aromatic heterocycles. The Balaban J connectivity index is 1.85. The zero-order valence-electron chi connectivity index (χ0n) is 14.1. The van der Waals surface area contributed by atoms with E-state index in [2.05, 4.69) is 11.4 Å². The molecule has 2 aromatic carbocycles. The van der Waals surface area contributed by atoms with Crippen LogP contribution >= 0.6 is 0 Å². The SMILES string of the molecule is Cc1ccc(C(=O)[O-])c2c1NC(c1cccc([N+](=O)[O-])c1)C1CC=CC21. The number of hydrogen-bond acceptors (Lipinski definition) is 5. The third kappa shape index (κ3) is 2.45. The van der Waals surface area contributed by atoms with Crippen LogP contribution in [0.5, 0.6) is 0 Å². The van der Waals surface area contributed by atoms with Crippen molar-refractivity contribution in [3.05, 3.63) is 80.9 Å². The van der Waals surface area contributed by atoms with Gasteiger partial charge in [-0.25, -0.2) is 0 Å². The Morgan fingerprint density at radius 2 is 2.08 bits per heavy atom. The summed E-state index contributed by atoms with van der Waals surface area (Å²) in [5.74, 6) is -1.14. The molecule has 3 unspecified atom stereocenters. The molecule has 26 heavy (non-hydrogen) atoms. The van der Waals surface area contributed by atoms with Crippen LogP contribution in [-0.4, -0.2) is 10.9 Å². The third-order valence-corrected chi connectivity index (χ3v) is 5.39. The average Bonchev–Trinajstić information content (AvgIpc) is 3.11. The predicted octanol–water partition coefficient (Wildman–Crippen LogP) is 3.09. The van der Waals surface area contributed by atoms with Crippen molar-refractivity contribution in [1.29, 1.82) is 0 Å². The molecule has 1 heterocycles. The first-order valence-corrected chi connectivity index (χ1v) is 8.49. The number of allylic oxidation sites excluding steroid dienone is 2. The highest BCUT2D eigenvalue weighted by atomic mass is 16.6. The number of nitrogens with zero attached hydrogens (tertiary/aromatic N) is 1. The van der Waals surface area contributed by atoms with Crippen molar-refractivity contribution >= 4 is 17.3 Å². The fourth-order valence-electron chi connectivity index (χ4n) is 4.19. The number of rotatable bonds is 3. The molecule has 0 saturated heterocycles. The Morgan fingerprint density at radius 3 is 2.81 bits per heavy atom. The van der Waals surface area contributed by atoms with E-state index in [-0.39, 0.29) is 29.1 Å². The number of benzene rings is 2. The van der Waals surface area contributed by atoms with Crippen LogP contribution in [-0.2, 0) is 0 Å².